The van der Waals surface area contributed by atoms with Crippen LogP contribution in [0.5, 0.6) is 0 Å². The molecule has 2 aromatic heterocycles. The molecule has 0 fully saturated rings. The van der Waals surface area contributed by atoms with Gasteiger partial charge in [0.2, 0.25) is 0 Å². The van der Waals surface area contributed by atoms with Crippen LogP contribution in [0.2, 0.25) is 0 Å². The van der Waals surface area contributed by atoms with Crippen LogP contribution in [-0.2, 0) is 25.4 Å². The summed E-state index contributed by atoms with van der Waals surface area (Å²) in [5.74, 6) is 0. The quantitative estimate of drug-likeness (QED) is 0.638. The van der Waals surface area contributed by atoms with Crippen LogP contribution in [0.1, 0.15) is 39.0 Å². The lowest BCUT2D eigenvalue weighted by molar-refractivity contribution is 0.0301. The molecule has 2 heterocycles. The number of aromatic nitrogens is 4. The SMILES string of the molecule is CCCCOCC(O)CCCCn1c(=O)c2c(ncn2C)n(C)c1=O. The fourth-order valence-electron chi connectivity index (χ4n) is 2.79. The number of aryl methyl sites for hydroxylation is 2. The average Bonchev–Trinajstić information content (AvgIpc) is 2.98. The smallest absolute Gasteiger partial charge is 0.332 e. The highest BCUT2D eigenvalue weighted by Crippen LogP contribution is 2.05. The Morgan fingerprint density at radius 1 is 1.24 bits per heavy atom. The summed E-state index contributed by atoms with van der Waals surface area (Å²) in [6.07, 6.45) is 5.05. The van der Waals surface area contributed by atoms with E-state index in [-0.39, 0.29) is 11.2 Å². The molecule has 0 spiro atoms. The van der Waals surface area contributed by atoms with Gasteiger partial charge < -0.3 is 14.4 Å². The van der Waals surface area contributed by atoms with Crippen LogP contribution in [0.3, 0.4) is 0 Å². The molecule has 1 atom stereocenters. The van der Waals surface area contributed by atoms with E-state index in [2.05, 4.69) is 11.9 Å². The van der Waals surface area contributed by atoms with Gasteiger partial charge in [-0.2, -0.15) is 0 Å². The Balaban J connectivity index is 1.92. The molecule has 2 aromatic rings. The summed E-state index contributed by atoms with van der Waals surface area (Å²) in [6.45, 7) is 3.43. The lowest BCUT2D eigenvalue weighted by atomic mass is 10.1. The van der Waals surface area contributed by atoms with E-state index in [4.69, 9.17) is 4.74 Å². The van der Waals surface area contributed by atoms with E-state index in [1.54, 1.807) is 18.7 Å². The second-order valence-electron chi connectivity index (χ2n) is 6.40. The van der Waals surface area contributed by atoms with Crippen molar-refractivity contribution in [3.63, 3.8) is 0 Å². The van der Waals surface area contributed by atoms with Gasteiger partial charge in [0.15, 0.2) is 11.2 Å². The van der Waals surface area contributed by atoms with Crippen molar-refractivity contribution in [2.75, 3.05) is 13.2 Å². The van der Waals surface area contributed by atoms with E-state index in [0.29, 0.717) is 43.8 Å². The second-order valence-corrected chi connectivity index (χ2v) is 6.40. The monoisotopic (exact) mass is 352 g/mol. The molecular weight excluding hydrogens is 324 g/mol. The van der Waals surface area contributed by atoms with Crippen LogP contribution in [0.25, 0.3) is 11.2 Å². The topological polar surface area (TPSA) is 91.3 Å². The Labute approximate surface area is 146 Å². The zero-order valence-electron chi connectivity index (χ0n) is 15.3. The minimum atomic E-state index is -0.504. The number of aliphatic hydroxyl groups is 1. The minimum absolute atomic E-state index is 0.318. The number of hydrogen-bond donors (Lipinski definition) is 1. The highest BCUT2D eigenvalue weighted by atomic mass is 16.5. The molecule has 8 heteroatoms. The van der Waals surface area contributed by atoms with Gasteiger partial charge in [-0.1, -0.05) is 13.3 Å². The first kappa shape index (κ1) is 19.4. The molecule has 2 rings (SSSR count). The number of unbranched alkanes of at least 4 members (excludes halogenated alkanes) is 2. The third kappa shape index (κ3) is 4.58. The van der Waals surface area contributed by atoms with Gasteiger partial charge in [0.1, 0.15) is 0 Å². The summed E-state index contributed by atoms with van der Waals surface area (Å²) in [7, 11) is 3.35. The molecule has 0 radical (unpaired) electrons. The lowest BCUT2D eigenvalue weighted by Crippen LogP contribution is -2.39. The molecule has 1 N–H and O–H groups in total. The second kappa shape index (κ2) is 8.96. The van der Waals surface area contributed by atoms with Crippen molar-refractivity contribution >= 4 is 11.2 Å². The van der Waals surface area contributed by atoms with Gasteiger partial charge in [0.25, 0.3) is 5.56 Å². The van der Waals surface area contributed by atoms with Crippen molar-refractivity contribution in [1.82, 2.24) is 18.7 Å². The first-order valence-electron chi connectivity index (χ1n) is 8.84. The number of nitrogens with zero attached hydrogens (tertiary/aromatic N) is 4. The summed E-state index contributed by atoms with van der Waals surface area (Å²) in [5.41, 5.74) is 0.140. The predicted octanol–water partition coefficient (Wildman–Crippen LogP) is 0.782. The van der Waals surface area contributed by atoms with E-state index in [1.165, 1.54) is 15.5 Å². The Kier molecular flexibility index (Phi) is 6.95. The molecule has 0 aliphatic heterocycles. The van der Waals surface area contributed by atoms with Crippen molar-refractivity contribution in [2.45, 2.75) is 51.7 Å². The molecule has 140 valence electrons. The van der Waals surface area contributed by atoms with Gasteiger partial charge in [0.05, 0.1) is 19.0 Å². The summed E-state index contributed by atoms with van der Waals surface area (Å²) in [5, 5.41) is 9.88. The number of hydrogen-bond acceptors (Lipinski definition) is 5. The predicted molar refractivity (Wildman–Crippen MR) is 95.8 cm³/mol. The van der Waals surface area contributed by atoms with Crippen LogP contribution < -0.4 is 11.2 Å². The normalized spacial score (nSPS) is 12.8. The standard InChI is InChI=1S/C17H28N4O4/c1-4-5-10-25-11-13(22)8-6-7-9-21-16(23)14-15(18-12-19(14)2)20(3)17(21)24/h12-13,22H,4-11H2,1-3H3. The van der Waals surface area contributed by atoms with Crippen LogP contribution in [0.15, 0.2) is 15.9 Å². The van der Waals surface area contributed by atoms with E-state index in [0.717, 1.165) is 19.3 Å². The number of imidazole rings is 1. The maximum Gasteiger partial charge on any atom is 0.332 e. The number of ether oxygens (including phenoxy) is 1. The summed E-state index contributed by atoms with van der Waals surface area (Å²) >= 11 is 0. The molecule has 0 aliphatic rings. The Morgan fingerprint density at radius 2 is 2.00 bits per heavy atom. The summed E-state index contributed by atoms with van der Waals surface area (Å²) in [6, 6.07) is 0. The van der Waals surface area contributed by atoms with Crippen molar-refractivity contribution in [3.05, 3.63) is 27.2 Å². The average molecular weight is 352 g/mol. The maximum atomic E-state index is 12.5. The van der Waals surface area contributed by atoms with Crippen LogP contribution >= 0.6 is 0 Å². The van der Waals surface area contributed by atoms with Crippen LogP contribution in [0.4, 0.5) is 0 Å². The Hall–Kier alpha value is -1.93. The highest BCUT2D eigenvalue weighted by Gasteiger charge is 2.14. The largest absolute Gasteiger partial charge is 0.391 e. The zero-order valence-corrected chi connectivity index (χ0v) is 15.3. The van der Waals surface area contributed by atoms with E-state index >= 15 is 0 Å². The van der Waals surface area contributed by atoms with E-state index in [1.807, 2.05) is 0 Å². The fraction of sp³-hybridized carbons (Fsp3) is 0.706. The molecule has 0 amide bonds. The van der Waals surface area contributed by atoms with Crippen LogP contribution in [-0.4, -0.2) is 43.1 Å². The summed E-state index contributed by atoms with van der Waals surface area (Å²) < 4.78 is 9.66. The van der Waals surface area contributed by atoms with Gasteiger partial charge in [-0.3, -0.25) is 13.9 Å². The lowest BCUT2D eigenvalue weighted by Gasteiger charge is -2.12. The zero-order chi connectivity index (χ0) is 18.4. The summed E-state index contributed by atoms with van der Waals surface area (Å²) in [4.78, 5) is 29.0. The maximum absolute atomic E-state index is 12.5. The van der Waals surface area contributed by atoms with Crippen molar-refractivity contribution in [2.24, 2.45) is 14.1 Å². The fourth-order valence-corrected chi connectivity index (χ4v) is 2.79. The van der Waals surface area contributed by atoms with E-state index in [9.17, 15) is 14.7 Å². The third-order valence-electron chi connectivity index (χ3n) is 4.32. The van der Waals surface area contributed by atoms with Gasteiger partial charge in [0, 0.05) is 27.2 Å². The first-order chi connectivity index (χ1) is 12.0. The van der Waals surface area contributed by atoms with E-state index < -0.39 is 6.10 Å². The van der Waals surface area contributed by atoms with Gasteiger partial charge >= 0.3 is 5.69 Å². The molecule has 1 unspecified atom stereocenters. The van der Waals surface area contributed by atoms with Crippen molar-refractivity contribution < 1.29 is 9.84 Å². The highest BCUT2D eigenvalue weighted by molar-refractivity contribution is 5.69. The number of rotatable bonds is 10. The van der Waals surface area contributed by atoms with Crippen molar-refractivity contribution in [3.8, 4) is 0 Å². The molecule has 0 saturated carbocycles. The molecular formula is C17H28N4O4. The molecule has 0 bridgehead atoms. The molecule has 0 saturated heterocycles. The minimum Gasteiger partial charge on any atom is -0.391 e. The van der Waals surface area contributed by atoms with Gasteiger partial charge in [-0.15, -0.1) is 0 Å². The molecule has 0 aliphatic carbocycles. The first-order valence-corrected chi connectivity index (χ1v) is 8.84. The number of aliphatic hydroxyl groups excluding tert-OH is 1. The molecule has 8 nitrogen and oxygen atoms in total. The number of fused-ring (bicyclic) bond motifs is 1. The van der Waals surface area contributed by atoms with Crippen LogP contribution in [0, 0.1) is 0 Å². The molecule has 25 heavy (non-hydrogen) atoms. The third-order valence-corrected chi connectivity index (χ3v) is 4.32. The van der Waals surface area contributed by atoms with Gasteiger partial charge in [-0.05, 0) is 25.7 Å². The van der Waals surface area contributed by atoms with Gasteiger partial charge in [-0.25, -0.2) is 9.78 Å². The molecule has 0 aromatic carbocycles. The Bertz CT molecular complexity index is 805. The Morgan fingerprint density at radius 3 is 2.72 bits per heavy atom. The van der Waals surface area contributed by atoms with Crippen molar-refractivity contribution in [1.29, 1.82) is 0 Å².